The fraction of sp³-hybridized carbons (Fsp3) is 0.438. The lowest BCUT2D eigenvalue weighted by molar-refractivity contribution is 0.424. The van der Waals surface area contributed by atoms with Gasteiger partial charge in [-0.2, -0.15) is 5.10 Å². The van der Waals surface area contributed by atoms with Gasteiger partial charge in [-0.15, -0.1) is 0 Å². The fourth-order valence-corrected chi connectivity index (χ4v) is 3.14. The van der Waals surface area contributed by atoms with Crippen molar-refractivity contribution < 1.29 is 0 Å². The van der Waals surface area contributed by atoms with Gasteiger partial charge in [0, 0.05) is 24.0 Å². The van der Waals surface area contributed by atoms with Gasteiger partial charge in [-0.3, -0.25) is 4.68 Å². The van der Waals surface area contributed by atoms with Crippen molar-refractivity contribution in [1.82, 2.24) is 15.1 Å². The predicted octanol–water partition coefficient (Wildman–Crippen LogP) is 4.42. The molecule has 3 nitrogen and oxygen atoms in total. The molecule has 0 aliphatic heterocycles. The van der Waals surface area contributed by atoms with E-state index in [1.165, 1.54) is 5.56 Å². The molecule has 21 heavy (non-hydrogen) atoms. The zero-order valence-corrected chi connectivity index (χ0v) is 14.8. The van der Waals surface area contributed by atoms with Gasteiger partial charge in [-0.25, -0.2) is 0 Å². The van der Waals surface area contributed by atoms with Crippen molar-refractivity contribution in [3.8, 4) is 0 Å². The topological polar surface area (TPSA) is 29.9 Å². The van der Waals surface area contributed by atoms with Gasteiger partial charge in [0.25, 0.3) is 0 Å². The first-order chi connectivity index (χ1) is 9.74. The first-order valence-corrected chi connectivity index (χ1v) is 8.16. The van der Waals surface area contributed by atoms with E-state index in [0.29, 0.717) is 0 Å². The first kappa shape index (κ1) is 16.4. The monoisotopic (exact) mass is 323 g/mol. The molecule has 0 saturated carbocycles. The van der Waals surface area contributed by atoms with E-state index in [-0.39, 0.29) is 5.54 Å². The second-order valence-electron chi connectivity index (χ2n) is 6.22. The van der Waals surface area contributed by atoms with Crippen molar-refractivity contribution in [1.29, 1.82) is 0 Å². The molecule has 0 atom stereocenters. The third-order valence-corrected chi connectivity index (χ3v) is 4.58. The lowest BCUT2D eigenvalue weighted by atomic mass is 10.1. The van der Waals surface area contributed by atoms with Gasteiger partial charge in [0.1, 0.15) is 0 Å². The third kappa shape index (κ3) is 4.77. The summed E-state index contributed by atoms with van der Waals surface area (Å²) in [6.07, 6.45) is 0. The summed E-state index contributed by atoms with van der Waals surface area (Å²) in [4.78, 5) is 1.05. The van der Waals surface area contributed by atoms with Crippen LogP contribution in [0.25, 0.3) is 0 Å². The Morgan fingerprint density at radius 2 is 2.00 bits per heavy atom. The van der Waals surface area contributed by atoms with Crippen LogP contribution in [0.15, 0.2) is 34.2 Å². The summed E-state index contributed by atoms with van der Waals surface area (Å²) in [6.45, 7) is 9.28. The molecule has 0 radical (unpaired) electrons. The van der Waals surface area contributed by atoms with Gasteiger partial charge in [-0.1, -0.05) is 29.4 Å². The Morgan fingerprint density at radius 3 is 2.52 bits per heavy atom. The van der Waals surface area contributed by atoms with Crippen LogP contribution in [-0.2, 0) is 13.6 Å². The molecule has 0 aliphatic rings. The summed E-state index contributed by atoms with van der Waals surface area (Å²) in [5, 5.41) is 9.70. The molecule has 2 aromatic rings. The number of aryl methyl sites for hydroxylation is 2. The number of hydrogen-bond donors (Lipinski definition) is 1. The largest absolute Gasteiger partial charge is 0.308 e. The SMILES string of the molecule is Cc1cc(Sc2ccc(CNC(C)(C)C)cc2Cl)n(C)n1. The maximum atomic E-state index is 6.41. The Hall–Kier alpha value is -0.970. The van der Waals surface area contributed by atoms with E-state index in [1.807, 2.05) is 24.7 Å². The summed E-state index contributed by atoms with van der Waals surface area (Å²) >= 11 is 8.05. The maximum Gasteiger partial charge on any atom is 0.0987 e. The van der Waals surface area contributed by atoms with Gasteiger partial charge in [-0.05, 0) is 51.5 Å². The van der Waals surface area contributed by atoms with Gasteiger partial charge in [0.2, 0.25) is 0 Å². The lowest BCUT2D eigenvalue weighted by Crippen LogP contribution is -2.35. The van der Waals surface area contributed by atoms with E-state index in [9.17, 15) is 0 Å². The van der Waals surface area contributed by atoms with Crippen LogP contribution in [0.4, 0.5) is 0 Å². The Balaban J connectivity index is 2.10. The Morgan fingerprint density at radius 1 is 1.29 bits per heavy atom. The molecule has 2 rings (SSSR count). The Kier molecular flexibility index (Phi) is 5.02. The molecule has 0 amide bonds. The number of hydrogen-bond acceptors (Lipinski definition) is 3. The van der Waals surface area contributed by atoms with Crippen LogP contribution < -0.4 is 5.32 Å². The molecule has 0 fully saturated rings. The van der Waals surface area contributed by atoms with E-state index >= 15 is 0 Å². The Labute approximate surface area is 136 Å². The highest BCUT2D eigenvalue weighted by Crippen LogP contribution is 2.33. The number of nitrogens with zero attached hydrogens (tertiary/aromatic N) is 2. The van der Waals surface area contributed by atoms with Crippen molar-refractivity contribution in [2.75, 3.05) is 0 Å². The number of rotatable bonds is 4. The molecule has 0 saturated heterocycles. The van der Waals surface area contributed by atoms with Crippen LogP contribution in [0.1, 0.15) is 32.0 Å². The molecule has 1 aromatic carbocycles. The average Bonchev–Trinajstić information content (AvgIpc) is 2.67. The van der Waals surface area contributed by atoms with E-state index in [0.717, 1.165) is 27.2 Å². The van der Waals surface area contributed by atoms with Crippen molar-refractivity contribution in [2.24, 2.45) is 7.05 Å². The molecular weight excluding hydrogens is 302 g/mol. The molecule has 1 N–H and O–H groups in total. The Bertz CT molecular complexity index is 629. The van der Waals surface area contributed by atoms with Crippen molar-refractivity contribution >= 4 is 23.4 Å². The standard InChI is InChI=1S/C16H22ClN3S/c1-11-8-15(20(5)19-11)21-14-7-6-12(9-13(14)17)10-18-16(2,3)4/h6-9,18H,10H2,1-5H3. The summed E-state index contributed by atoms with van der Waals surface area (Å²) in [6, 6.07) is 8.30. The summed E-state index contributed by atoms with van der Waals surface area (Å²) < 4.78 is 1.88. The van der Waals surface area contributed by atoms with E-state index in [2.05, 4.69) is 49.4 Å². The minimum Gasteiger partial charge on any atom is -0.308 e. The van der Waals surface area contributed by atoms with Crippen LogP contribution in [0.2, 0.25) is 5.02 Å². The lowest BCUT2D eigenvalue weighted by Gasteiger charge is -2.20. The average molecular weight is 324 g/mol. The third-order valence-electron chi connectivity index (χ3n) is 2.99. The zero-order chi connectivity index (χ0) is 15.6. The van der Waals surface area contributed by atoms with Crippen molar-refractivity contribution in [2.45, 2.75) is 49.7 Å². The summed E-state index contributed by atoms with van der Waals surface area (Å²) in [7, 11) is 1.95. The summed E-state index contributed by atoms with van der Waals surface area (Å²) in [5.41, 5.74) is 2.31. The fourth-order valence-electron chi connectivity index (χ4n) is 1.90. The highest BCUT2D eigenvalue weighted by atomic mass is 35.5. The van der Waals surface area contributed by atoms with Crippen molar-refractivity contribution in [3.63, 3.8) is 0 Å². The van der Waals surface area contributed by atoms with E-state index < -0.39 is 0 Å². The van der Waals surface area contributed by atoms with Crippen LogP contribution in [0.5, 0.6) is 0 Å². The predicted molar refractivity (Wildman–Crippen MR) is 90.1 cm³/mol. The summed E-state index contributed by atoms with van der Waals surface area (Å²) in [5.74, 6) is 0. The molecule has 0 aliphatic carbocycles. The first-order valence-electron chi connectivity index (χ1n) is 6.96. The van der Waals surface area contributed by atoms with Gasteiger partial charge in [0.15, 0.2) is 0 Å². The second-order valence-corrected chi connectivity index (χ2v) is 7.69. The van der Waals surface area contributed by atoms with Crippen molar-refractivity contribution in [3.05, 3.63) is 40.5 Å². The number of nitrogens with one attached hydrogen (secondary N) is 1. The van der Waals surface area contributed by atoms with Crippen LogP contribution in [-0.4, -0.2) is 15.3 Å². The van der Waals surface area contributed by atoms with Crippen LogP contribution in [0, 0.1) is 6.92 Å². The highest BCUT2D eigenvalue weighted by molar-refractivity contribution is 7.99. The molecule has 0 spiro atoms. The highest BCUT2D eigenvalue weighted by Gasteiger charge is 2.11. The van der Waals surface area contributed by atoms with Crippen LogP contribution >= 0.6 is 23.4 Å². The normalized spacial score (nSPS) is 11.9. The molecule has 1 heterocycles. The molecule has 1 aromatic heterocycles. The van der Waals surface area contributed by atoms with Gasteiger partial charge in [0.05, 0.1) is 15.7 Å². The van der Waals surface area contributed by atoms with Gasteiger partial charge >= 0.3 is 0 Å². The smallest absolute Gasteiger partial charge is 0.0987 e. The quantitative estimate of drug-likeness (QED) is 0.903. The zero-order valence-electron chi connectivity index (χ0n) is 13.2. The van der Waals surface area contributed by atoms with Gasteiger partial charge < -0.3 is 5.32 Å². The number of halogens is 1. The molecule has 0 bridgehead atoms. The molecule has 0 unspecified atom stereocenters. The molecular formula is C16H22ClN3S. The second kappa shape index (κ2) is 6.42. The molecule has 114 valence electrons. The molecule has 5 heteroatoms. The van der Waals surface area contributed by atoms with E-state index in [1.54, 1.807) is 11.8 Å². The van der Waals surface area contributed by atoms with E-state index in [4.69, 9.17) is 11.6 Å². The maximum absolute atomic E-state index is 6.41. The minimum absolute atomic E-state index is 0.103. The number of benzene rings is 1. The minimum atomic E-state index is 0.103. The number of aromatic nitrogens is 2. The van der Waals surface area contributed by atoms with Crippen LogP contribution in [0.3, 0.4) is 0 Å².